The molecule has 2 aromatic rings. The molecule has 2 heterocycles. The Morgan fingerprint density at radius 2 is 2.04 bits per heavy atom. The van der Waals surface area contributed by atoms with Crippen molar-refractivity contribution < 1.29 is 4.79 Å². The summed E-state index contributed by atoms with van der Waals surface area (Å²) >= 11 is 0. The zero-order chi connectivity index (χ0) is 18.2. The number of hydrogen-bond donors (Lipinski definition) is 2. The van der Waals surface area contributed by atoms with Gasteiger partial charge in [-0.15, -0.1) is 0 Å². The smallest absolute Gasteiger partial charge is 0.234 e. The van der Waals surface area contributed by atoms with Crippen LogP contribution in [0.15, 0.2) is 48.7 Å². The van der Waals surface area contributed by atoms with E-state index in [-0.39, 0.29) is 5.91 Å². The van der Waals surface area contributed by atoms with E-state index in [1.807, 2.05) is 31.3 Å². The van der Waals surface area contributed by atoms with Crippen molar-refractivity contribution in [2.75, 3.05) is 38.0 Å². The molecule has 1 unspecified atom stereocenters. The van der Waals surface area contributed by atoms with Crippen molar-refractivity contribution in [3.05, 3.63) is 59.8 Å². The Kier molecular flexibility index (Phi) is 6.61. The second-order valence-corrected chi connectivity index (χ2v) is 6.98. The number of carbonyl (C=O) groups is 1. The summed E-state index contributed by atoms with van der Waals surface area (Å²) in [5.74, 6) is 1.55. The second-order valence-electron chi connectivity index (χ2n) is 6.98. The van der Waals surface area contributed by atoms with Crippen molar-refractivity contribution in [3.8, 4) is 0 Å². The minimum absolute atomic E-state index is 0.118. The Morgan fingerprint density at radius 3 is 2.81 bits per heavy atom. The topological polar surface area (TPSA) is 57.3 Å². The molecule has 0 radical (unpaired) electrons. The summed E-state index contributed by atoms with van der Waals surface area (Å²) in [6, 6.07) is 14.6. The maximum Gasteiger partial charge on any atom is 0.234 e. The quantitative estimate of drug-likeness (QED) is 0.717. The molecule has 0 spiro atoms. The van der Waals surface area contributed by atoms with E-state index in [0.29, 0.717) is 19.0 Å². The Hall–Kier alpha value is -2.40. The lowest BCUT2D eigenvalue weighted by Gasteiger charge is -2.16. The summed E-state index contributed by atoms with van der Waals surface area (Å²) in [5, 5.41) is 6.29. The van der Waals surface area contributed by atoms with Crippen molar-refractivity contribution >= 4 is 11.7 Å². The zero-order valence-corrected chi connectivity index (χ0v) is 15.4. The van der Waals surface area contributed by atoms with Crippen LogP contribution in [0.25, 0.3) is 0 Å². The fourth-order valence-corrected chi connectivity index (χ4v) is 3.34. The van der Waals surface area contributed by atoms with Crippen molar-refractivity contribution in [2.45, 2.75) is 25.7 Å². The molecule has 26 heavy (non-hydrogen) atoms. The molecule has 1 aromatic carbocycles. The van der Waals surface area contributed by atoms with Crippen LogP contribution in [0.1, 0.15) is 29.9 Å². The first-order valence-electron chi connectivity index (χ1n) is 9.41. The molecule has 1 aliphatic heterocycles. The second kappa shape index (κ2) is 9.34. The fraction of sp³-hybridized carbons (Fsp3) is 0.429. The number of rotatable bonds is 8. The predicted molar refractivity (Wildman–Crippen MR) is 105 cm³/mol. The van der Waals surface area contributed by atoms with E-state index in [1.54, 1.807) is 0 Å². The molecule has 1 atom stereocenters. The molecular weight excluding hydrogens is 324 g/mol. The van der Waals surface area contributed by atoms with Gasteiger partial charge in [0, 0.05) is 25.8 Å². The summed E-state index contributed by atoms with van der Waals surface area (Å²) in [7, 11) is 0. The van der Waals surface area contributed by atoms with Gasteiger partial charge in [0.05, 0.1) is 6.54 Å². The van der Waals surface area contributed by atoms with Crippen LogP contribution in [0, 0.1) is 6.92 Å². The minimum Gasteiger partial charge on any atom is -0.370 e. The maximum absolute atomic E-state index is 12.1. The maximum atomic E-state index is 12.1. The first-order chi connectivity index (χ1) is 12.7. The number of nitrogens with one attached hydrogen (secondary N) is 2. The van der Waals surface area contributed by atoms with Gasteiger partial charge in [0.2, 0.25) is 5.91 Å². The predicted octanol–water partition coefficient (Wildman–Crippen LogP) is 2.80. The highest BCUT2D eigenvalue weighted by atomic mass is 16.2. The Morgan fingerprint density at radius 1 is 1.19 bits per heavy atom. The van der Waals surface area contributed by atoms with Crippen molar-refractivity contribution in [1.82, 2.24) is 15.2 Å². The summed E-state index contributed by atoms with van der Waals surface area (Å²) in [4.78, 5) is 18.7. The molecule has 5 heteroatoms. The molecule has 1 amide bonds. The van der Waals surface area contributed by atoms with Gasteiger partial charge in [-0.1, -0.05) is 36.4 Å². The number of benzene rings is 1. The van der Waals surface area contributed by atoms with Crippen LogP contribution in [-0.2, 0) is 4.79 Å². The molecule has 0 aliphatic carbocycles. The molecule has 1 aromatic heterocycles. The number of nitrogens with zero attached hydrogens (tertiary/aromatic N) is 2. The van der Waals surface area contributed by atoms with Crippen molar-refractivity contribution in [2.24, 2.45) is 0 Å². The molecule has 0 bridgehead atoms. The monoisotopic (exact) mass is 352 g/mol. The Balaban J connectivity index is 1.29. The number of likely N-dealkylation sites (tertiary alicyclic amines) is 1. The SMILES string of the molecule is Cc1ccc(NCCCNC(=O)CN2CCC(c3ccccc3)C2)nc1. The zero-order valence-electron chi connectivity index (χ0n) is 15.4. The number of amides is 1. The summed E-state index contributed by atoms with van der Waals surface area (Å²) in [6.07, 6.45) is 3.86. The van der Waals surface area contributed by atoms with Gasteiger partial charge in [0.25, 0.3) is 0 Å². The average molecular weight is 352 g/mol. The first-order valence-corrected chi connectivity index (χ1v) is 9.41. The molecule has 3 rings (SSSR count). The van der Waals surface area contributed by atoms with Gasteiger partial charge in [0.15, 0.2) is 0 Å². The lowest BCUT2D eigenvalue weighted by Crippen LogP contribution is -2.36. The third-order valence-corrected chi connectivity index (χ3v) is 4.80. The van der Waals surface area contributed by atoms with Crippen LogP contribution >= 0.6 is 0 Å². The average Bonchev–Trinajstić information content (AvgIpc) is 3.12. The van der Waals surface area contributed by atoms with Gasteiger partial charge in [0.1, 0.15) is 5.82 Å². The fourth-order valence-electron chi connectivity index (χ4n) is 3.34. The van der Waals surface area contributed by atoms with E-state index >= 15 is 0 Å². The van der Waals surface area contributed by atoms with Crippen LogP contribution < -0.4 is 10.6 Å². The van der Waals surface area contributed by atoms with Gasteiger partial charge in [-0.3, -0.25) is 9.69 Å². The highest BCUT2D eigenvalue weighted by molar-refractivity contribution is 5.78. The van der Waals surface area contributed by atoms with Crippen molar-refractivity contribution in [3.63, 3.8) is 0 Å². The van der Waals surface area contributed by atoms with Gasteiger partial charge in [-0.2, -0.15) is 0 Å². The Bertz CT molecular complexity index is 687. The standard InChI is InChI=1S/C21H28N4O/c1-17-8-9-20(24-14-17)22-11-5-12-23-21(26)16-25-13-10-19(15-25)18-6-3-2-4-7-18/h2-4,6-9,14,19H,5,10-13,15-16H2,1H3,(H,22,24)(H,23,26). The van der Waals surface area contributed by atoms with Gasteiger partial charge >= 0.3 is 0 Å². The van der Waals surface area contributed by atoms with Crippen molar-refractivity contribution in [1.29, 1.82) is 0 Å². The van der Waals surface area contributed by atoms with Gasteiger partial charge in [-0.05, 0) is 49.4 Å². The highest BCUT2D eigenvalue weighted by Gasteiger charge is 2.24. The van der Waals surface area contributed by atoms with Crippen LogP contribution in [-0.4, -0.2) is 48.5 Å². The van der Waals surface area contributed by atoms with E-state index in [0.717, 1.165) is 43.9 Å². The molecular formula is C21H28N4O. The number of pyridine rings is 1. The third kappa shape index (κ3) is 5.56. The summed E-state index contributed by atoms with van der Waals surface area (Å²) < 4.78 is 0. The van der Waals surface area contributed by atoms with E-state index in [2.05, 4.69) is 44.8 Å². The van der Waals surface area contributed by atoms with E-state index < -0.39 is 0 Å². The number of aryl methyl sites for hydroxylation is 1. The van der Waals surface area contributed by atoms with Crippen LogP contribution in [0.5, 0.6) is 0 Å². The largest absolute Gasteiger partial charge is 0.370 e. The van der Waals surface area contributed by atoms with Crippen LogP contribution in [0.2, 0.25) is 0 Å². The normalized spacial score (nSPS) is 17.2. The van der Waals surface area contributed by atoms with Crippen LogP contribution in [0.3, 0.4) is 0 Å². The number of aromatic nitrogens is 1. The Labute approximate surface area is 155 Å². The van der Waals surface area contributed by atoms with Crippen LogP contribution in [0.4, 0.5) is 5.82 Å². The molecule has 1 aliphatic rings. The number of carbonyl (C=O) groups excluding carboxylic acids is 1. The minimum atomic E-state index is 0.118. The molecule has 1 fully saturated rings. The van der Waals surface area contributed by atoms with Gasteiger partial charge in [-0.25, -0.2) is 4.98 Å². The number of hydrogen-bond acceptors (Lipinski definition) is 4. The van der Waals surface area contributed by atoms with E-state index in [4.69, 9.17) is 0 Å². The number of anilines is 1. The van der Waals surface area contributed by atoms with Gasteiger partial charge < -0.3 is 10.6 Å². The molecule has 138 valence electrons. The molecule has 0 saturated carbocycles. The lowest BCUT2D eigenvalue weighted by molar-refractivity contribution is -0.122. The summed E-state index contributed by atoms with van der Waals surface area (Å²) in [6.45, 7) is 5.97. The summed E-state index contributed by atoms with van der Waals surface area (Å²) in [5.41, 5.74) is 2.53. The molecule has 1 saturated heterocycles. The first kappa shape index (κ1) is 18.4. The van der Waals surface area contributed by atoms with E-state index in [9.17, 15) is 4.79 Å². The highest BCUT2D eigenvalue weighted by Crippen LogP contribution is 2.26. The lowest BCUT2D eigenvalue weighted by atomic mass is 9.99. The van der Waals surface area contributed by atoms with E-state index in [1.165, 1.54) is 5.56 Å². The molecule has 5 nitrogen and oxygen atoms in total. The molecule has 2 N–H and O–H groups in total. The third-order valence-electron chi connectivity index (χ3n) is 4.80.